The summed E-state index contributed by atoms with van der Waals surface area (Å²) in [5, 5.41) is 11.3. The summed E-state index contributed by atoms with van der Waals surface area (Å²) in [6, 6.07) is 7.44. The Hall–Kier alpha value is -2.11. The summed E-state index contributed by atoms with van der Waals surface area (Å²) >= 11 is 0. The average molecular weight is 309 g/mol. The van der Waals surface area contributed by atoms with Crippen LogP contribution in [-0.2, 0) is 14.8 Å². The third-order valence-electron chi connectivity index (χ3n) is 3.28. The third-order valence-corrected chi connectivity index (χ3v) is 5.16. The van der Waals surface area contributed by atoms with Crippen LogP contribution in [0.2, 0.25) is 0 Å². The molecule has 1 unspecified atom stereocenters. The molecule has 0 saturated carbocycles. The summed E-state index contributed by atoms with van der Waals surface area (Å²) in [6.45, 7) is 0.536. The van der Waals surface area contributed by atoms with E-state index in [1.165, 1.54) is 35.7 Å². The molecule has 0 aliphatic carbocycles. The Balaban J connectivity index is 2.10. The maximum absolute atomic E-state index is 12.4. The molecule has 1 amide bonds. The highest BCUT2D eigenvalue weighted by atomic mass is 32.2. The number of nitrogens with one attached hydrogen (secondary N) is 1. The van der Waals surface area contributed by atoms with Crippen LogP contribution >= 0.6 is 0 Å². The van der Waals surface area contributed by atoms with Gasteiger partial charge in [0, 0.05) is 19.1 Å². The van der Waals surface area contributed by atoms with Crippen molar-refractivity contribution in [3.05, 3.63) is 29.8 Å². The molecule has 1 aromatic rings. The second-order valence-corrected chi connectivity index (χ2v) is 6.56. The SMILES string of the molecule is COC(=O)NC1CCN(S(=O)(=O)c2ccc(C#N)cc2)C1. The van der Waals surface area contributed by atoms with Gasteiger partial charge >= 0.3 is 6.09 Å². The normalized spacial score (nSPS) is 19.0. The predicted molar refractivity (Wildman–Crippen MR) is 73.9 cm³/mol. The summed E-state index contributed by atoms with van der Waals surface area (Å²) in [4.78, 5) is 11.3. The van der Waals surface area contributed by atoms with Gasteiger partial charge in [-0.25, -0.2) is 13.2 Å². The van der Waals surface area contributed by atoms with E-state index in [1.54, 1.807) is 0 Å². The molecule has 7 nitrogen and oxygen atoms in total. The number of hydrogen-bond donors (Lipinski definition) is 1. The van der Waals surface area contributed by atoms with Crippen molar-refractivity contribution in [3.8, 4) is 6.07 Å². The number of sulfonamides is 1. The minimum absolute atomic E-state index is 0.139. The van der Waals surface area contributed by atoms with Gasteiger partial charge in [0.25, 0.3) is 0 Å². The molecule has 1 atom stereocenters. The highest BCUT2D eigenvalue weighted by molar-refractivity contribution is 7.89. The standard InChI is InChI=1S/C13H15N3O4S/c1-20-13(17)15-11-6-7-16(9-11)21(18,19)12-4-2-10(8-14)3-5-12/h2-5,11H,6-7,9H2,1H3,(H,15,17). The van der Waals surface area contributed by atoms with Gasteiger partial charge in [0.15, 0.2) is 0 Å². The Morgan fingerprint density at radius 2 is 2.10 bits per heavy atom. The lowest BCUT2D eigenvalue weighted by Crippen LogP contribution is -2.38. The van der Waals surface area contributed by atoms with Crippen molar-refractivity contribution in [1.29, 1.82) is 5.26 Å². The molecule has 0 aromatic heterocycles. The summed E-state index contributed by atoms with van der Waals surface area (Å²) < 4.78 is 30.7. The fourth-order valence-corrected chi connectivity index (χ4v) is 3.64. The van der Waals surface area contributed by atoms with Gasteiger partial charge in [-0.3, -0.25) is 0 Å². The van der Waals surface area contributed by atoms with Gasteiger partial charge in [0.2, 0.25) is 10.0 Å². The molecule has 1 aliphatic heterocycles. The molecule has 1 aliphatic rings. The summed E-state index contributed by atoms with van der Waals surface area (Å²) in [7, 11) is -2.35. The van der Waals surface area contributed by atoms with Crippen molar-refractivity contribution in [2.45, 2.75) is 17.4 Å². The van der Waals surface area contributed by atoms with Crippen molar-refractivity contribution in [2.24, 2.45) is 0 Å². The monoisotopic (exact) mass is 309 g/mol. The van der Waals surface area contributed by atoms with Crippen molar-refractivity contribution in [2.75, 3.05) is 20.2 Å². The van der Waals surface area contributed by atoms with E-state index in [0.29, 0.717) is 18.5 Å². The predicted octanol–water partition coefficient (Wildman–Crippen LogP) is 0.677. The van der Waals surface area contributed by atoms with Crippen LogP contribution in [-0.4, -0.2) is 45.1 Å². The number of nitriles is 1. The van der Waals surface area contributed by atoms with Crippen LogP contribution in [0.5, 0.6) is 0 Å². The number of nitrogens with zero attached hydrogens (tertiary/aromatic N) is 2. The number of hydrogen-bond acceptors (Lipinski definition) is 5. The smallest absolute Gasteiger partial charge is 0.407 e. The van der Waals surface area contributed by atoms with E-state index in [1.807, 2.05) is 6.07 Å². The second-order valence-electron chi connectivity index (χ2n) is 4.62. The van der Waals surface area contributed by atoms with E-state index in [2.05, 4.69) is 10.1 Å². The minimum Gasteiger partial charge on any atom is -0.453 e. The first kappa shape index (κ1) is 15.3. The van der Waals surface area contributed by atoms with Gasteiger partial charge in [-0.1, -0.05) is 0 Å². The molecule has 1 heterocycles. The zero-order valence-electron chi connectivity index (χ0n) is 11.4. The van der Waals surface area contributed by atoms with E-state index >= 15 is 0 Å². The van der Waals surface area contributed by atoms with Crippen LogP contribution < -0.4 is 5.32 Å². The van der Waals surface area contributed by atoms with E-state index in [9.17, 15) is 13.2 Å². The van der Waals surface area contributed by atoms with Crippen molar-refractivity contribution in [1.82, 2.24) is 9.62 Å². The Morgan fingerprint density at radius 3 is 2.67 bits per heavy atom. The molecular weight excluding hydrogens is 294 g/mol. The number of carbonyl (C=O) groups excluding carboxylic acids is 1. The Bertz CT molecular complexity index is 664. The Labute approximate surface area is 123 Å². The van der Waals surface area contributed by atoms with E-state index < -0.39 is 16.1 Å². The van der Waals surface area contributed by atoms with E-state index in [-0.39, 0.29) is 17.5 Å². The minimum atomic E-state index is -3.61. The zero-order valence-corrected chi connectivity index (χ0v) is 12.3. The van der Waals surface area contributed by atoms with E-state index in [4.69, 9.17) is 5.26 Å². The van der Waals surface area contributed by atoms with Gasteiger partial charge in [0.1, 0.15) is 0 Å². The maximum Gasteiger partial charge on any atom is 0.407 e. The molecule has 0 radical (unpaired) electrons. The molecule has 8 heteroatoms. The van der Waals surface area contributed by atoms with Crippen LogP contribution in [0, 0.1) is 11.3 Å². The van der Waals surface area contributed by atoms with Gasteiger partial charge in [-0.05, 0) is 30.7 Å². The maximum atomic E-state index is 12.4. The van der Waals surface area contributed by atoms with Crippen LogP contribution in [0.15, 0.2) is 29.2 Å². The van der Waals surface area contributed by atoms with Crippen LogP contribution in [0.1, 0.15) is 12.0 Å². The molecule has 2 rings (SSSR count). The number of carbonyl (C=O) groups is 1. The lowest BCUT2D eigenvalue weighted by Gasteiger charge is -2.17. The second kappa shape index (κ2) is 6.11. The molecule has 21 heavy (non-hydrogen) atoms. The average Bonchev–Trinajstić information content (AvgIpc) is 2.96. The molecule has 0 spiro atoms. The topological polar surface area (TPSA) is 99.5 Å². The number of benzene rings is 1. The number of amides is 1. The first-order chi connectivity index (χ1) is 9.97. The van der Waals surface area contributed by atoms with Crippen LogP contribution in [0.25, 0.3) is 0 Å². The molecular formula is C13H15N3O4S. The third kappa shape index (κ3) is 3.32. The summed E-state index contributed by atoms with van der Waals surface area (Å²) in [5.74, 6) is 0. The summed E-state index contributed by atoms with van der Waals surface area (Å²) in [5.41, 5.74) is 0.403. The number of methoxy groups -OCH3 is 1. The van der Waals surface area contributed by atoms with Gasteiger partial charge < -0.3 is 10.1 Å². The fraction of sp³-hybridized carbons (Fsp3) is 0.385. The number of alkyl carbamates (subject to hydrolysis) is 1. The molecule has 1 N–H and O–H groups in total. The van der Waals surface area contributed by atoms with Gasteiger partial charge in [-0.2, -0.15) is 9.57 Å². The highest BCUT2D eigenvalue weighted by Gasteiger charge is 2.33. The van der Waals surface area contributed by atoms with Crippen molar-refractivity contribution >= 4 is 16.1 Å². The zero-order chi connectivity index (χ0) is 15.5. The Morgan fingerprint density at radius 1 is 1.43 bits per heavy atom. The van der Waals surface area contributed by atoms with Gasteiger partial charge in [0.05, 0.1) is 23.6 Å². The Kier molecular flexibility index (Phi) is 4.45. The van der Waals surface area contributed by atoms with E-state index in [0.717, 1.165) is 0 Å². The van der Waals surface area contributed by atoms with Gasteiger partial charge in [-0.15, -0.1) is 0 Å². The first-order valence-corrected chi connectivity index (χ1v) is 7.76. The van der Waals surface area contributed by atoms with Crippen LogP contribution in [0.4, 0.5) is 4.79 Å². The van der Waals surface area contributed by atoms with Crippen LogP contribution in [0.3, 0.4) is 0 Å². The lowest BCUT2D eigenvalue weighted by atomic mass is 10.2. The van der Waals surface area contributed by atoms with Crippen molar-refractivity contribution in [3.63, 3.8) is 0 Å². The molecule has 1 fully saturated rings. The molecule has 1 saturated heterocycles. The fourth-order valence-electron chi connectivity index (χ4n) is 2.14. The number of rotatable bonds is 3. The molecule has 112 valence electrons. The highest BCUT2D eigenvalue weighted by Crippen LogP contribution is 2.21. The molecule has 0 bridgehead atoms. The molecule has 1 aromatic carbocycles. The number of ether oxygens (including phenoxy) is 1. The lowest BCUT2D eigenvalue weighted by molar-refractivity contribution is 0.167. The first-order valence-electron chi connectivity index (χ1n) is 6.32. The quantitative estimate of drug-likeness (QED) is 0.885. The summed E-state index contributed by atoms with van der Waals surface area (Å²) in [6.07, 6.45) is -0.0393. The van der Waals surface area contributed by atoms with Crippen molar-refractivity contribution < 1.29 is 17.9 Å². The largest absolute Gasteiger partial charge is 0.453 e.